The summed E-state index contributed by atoms with van der Waals surface area (Å²) in [6, 6.07) is 12.2. The maximum absolute atomic E-state index is 13.0. The van der Waals surface area contributed by atoms with Crippen LogP contribution >= 0.6 is 0 Å². The van der Waals surface area contributed by atoms with Crippen molar-refractivity contribution in [1.82, 2.24) is 33.9 Å². The molecule has 10 nitrogen and oxygen atoms in total. The summed E-state index contributed by atoms with van der Waals surface area (Å²) in [5, 5.41) is 16.7. The molecular formula is C19H20N8O2S. The van der Waals surface area contributed by atoms with Gasteiger partial charge in [0, 0.05) is 32.5 Å². The normalized spacial score (nSPS) is 15.1. The number of sulfonamides is 1. The van der Waals surface area contributed by atoms with Gasteiger partial charge in [-0.25, -0.2) is 13.1 Å². The topological polar surface area (TPSA) is 102 Å². The maximum atomic E-state index is 13.0. The van der Waals surface area contributed by atoms with Gasteiger partial charge in [0.1, 0.15) is 5.82 Å². The van der Waals surface area contributed by atoms with Crippen LogP contribution in [0.1, 0.15) is 5.82 Å². The van der Waals surface area contributed by atoms with E-state index in [0.717, 1.165) is 11.5 Å². The van der Waals surface area contributed by atoms with Crippen molar-refractivity contribution in [2.75, 3.05) is 25.0 Å². The Morgan fingerprint density at radius 3 is 2.53 bits per heavy atom. The zero-order valence-electron chi connectivity index (χ0n) is 16.5. The van der Waals surface area contributed by atoms with E-state index in [1.54, 1.807) is 46.7 Å². The number of aromatic nitrogens is 6. The molecule has 1 saturated heterocycles. The summed E-state index contributed by atoms with van der Waals surface area (Å²) < 4.78 is 30.9. The van der Waals surface area contributed by atoms with Gasteiger partial charge < -0.3 is 4.90 Å². The highest BCUT2D eigenvalue weighted by Gasteiger charge is 2.37. The highest BCUT2D eigenvalue weighted by Crippen LogP contribution is 2.26. The molecular weight excluding hydrogens is 404 g/mol. The highest BCUT2D eigenvalue weighted by molar-refractivity contribution is 7.89. The average molecular weight is 424 g/mol. The molecule has 154 valence electrons. The van der Waals surface area contributed by atoms with E-state index in [2.05, 4.69) is 20.4 Å². The van der Waals surface area contributed by atoms with Crippen LogP contribution in [0.5, 0.6) is 0 Å². The van der Waals surface area contributed by atoms with Crippen molar-refractivity contribution < 1.29 is 8.42 Å². The van der Waals surface area contributed by atoms with Crippen LogP contribution in [0.4, 0.5) is 5.82 Å². The van der Waals surface area contributed by atoms with Crippen LogP contribution in [-0.4, -0.2) is 68.5 Å². The fraction of sp³-hybridized carbons (Fsp3) is 0.263. The fourth-order valence-electron chi connectivity index (χ4n) is 3.48. The first kappa shape index (κ1) is 18.7. The second kappa shape index (κ2) is 6.89. The van der Waals surface area contributed by atoms with Gasteiger partial charge in [-0.15, -0.1) is 15.3 Å². The van der Waals surface area contributed by atoms with Gasteiger partial charge in [-0.1, -0.05) is 0 Å². The van der Waals surface area contributed by atoms with Gasteiger partial charge in [-0.05, 0) is 49.4 Å². The van der Waals surface area contributed by atoms with Gasteiger partial charge in [0.2, 0.25) is 10.0 Å². The molecule has 3 aromatic heterocycles. The van der Waals surface area contributed by atoms with Crippen LogP contribution in [0.3, 0.4) is 0 Å². The fourth-order valence-corrected chi connectivity index (χ4v) is 4.82. The Morgan fingerprint density at radius 2 is 1.83 bits per heavy atom. The van der Waals surface area contributed by atoms with E-state index < -0.39 is 10.0 Å². The van der Waals surface area contributed by atoms with E-state index in [9.17, 15) is 8.42 Å². The minimum absolute atomic E-state index is 0.125. The van der Waals surface area contributed by atoms with Crippen molar-refractivity contribution in [2.24, 2.45) is 0 Å². The second-order valence-corrected chi connectivity index (χ2v) is 9.23. The molecule has 0 radical (unpaired) electrons. The molecule has 1 fully saturated rings. The second-order valence-electron chi connectivity index (χ2n) is 7.23. The Labute approximate surface area is 173 Å². The predicted octanol–water partition coefficient (Wildman–Crippen LogP) is 1.13. The Bertz CT molecular complexity index is 1290. The van der Waals surface area contributed by atoms with Gasteiger partial charge in [0.25, 0.3) is 0 Å². The number of rotatable bonds is 5. The third kappa shape index (κ3) is 3.02. The molecule has 0 unspecified atom stereocenters. The van der Waals surface area contributed by atoms with Crippen LogP contribution < -0.4 is 4.90 Å². The zero-order chi connectivity index (χ0) is 20.9. The number of anilines is 1. The molecule has 0 N–H and O–H groups in total. The molecule has 11 heteroatoms. The molecule has 1 aliphatic rings. The predicted molar refractivity (Wildman–Crippen MR) is 110 cm³/mol. The van der Waals surface area contributed by atoms with Crippen LogP contribution in [-0.2, 0) is 10.0 Å². The van der Waals surface area contributed by atoms with E-state index in [1.165, 1.54) is 4.31 Å². The van der Waals surface area contributed by atoms with Crippen molar-refractivity contribution in [3.63, 3.8) is 0 Å². The third-order valence-corrected chi connectivity index (χ3v) is 7.31. The van der Waals surface area contributed by atoms with E-state index in [-0.39, 0.29) is 10.9 Å². The van der Waals surface area contributed by atoms with Crippen LogP contribution in [0.2, 0.25) is 0 Å². The monoisotopic (exact) mass is 424 g/mol. The largest absolute Gasteiger partial charge is 0.352 e. The van der Waals surface area contributed by atoms with E-state index in [0.29, 0.717) is 24.6 Å². The minimum Gasteiger partial charge on any atom is -0.352 e. The lowest BCUT2D eigenvalue weighted by Gasteiger charge is -2.43. The number of hydrogen-bond acceptors (Lipinski definition) is 7. The lowest BCUT2D eigenvalue weighted by Crippen LogP contribution is -2.60. The van der Waals surface area contributed by atoms with Gasteiger partial charge in [-0.3, -0.25) is 0 Å². The molecule has 0 spiro atoms. The first-order valence-corrected chi connectivity index (χ1v) is 10.9. The van der Waals surface area contributed by atoms with Gasteiger partial charge in [0.15, 0.2) is 11.5 Å². The first-order chi connectivity index (χ1) is 14.4. The Kier molecular flexibility index (Phi) is 4.29. The van der Waals surface area contributed by atoms with Crippen molar-refractivity contribution in [3.05, 3.63) is 60.7 Å². The summed E-state index contributed by atoms with van der Waals surface area (Å²) >= 11 is 0. The quantitative estimate of drug-likeness (QED) is 0.473. The Morgan fingerprint density at radius 1 is 1.07 bits per heavy atom. The summed E-state index contributed by atoms with van der Waals surface area (Å²) in [6.45, 7) is 2.98. The molecule has 4 heterocycles. The molecule has 5 rings (SSSR count). The number of hydrogen-bond donors (Lipinski definition) is 0. The maximum Gasteiger partial charge on any atom is 0.243 e. The van der Waals surface area contributed by atoms with Gasteiger partial charge in [0.05, 0.1) is 16.6 Å². The molecule has 0 amide bonds. The lowest BCUT2D eigenvalue weighted by atomic mass is 10.1. The standard InChI is InChI=1S/C19H20N8O2S/c1-14-21-22-18-8-9-19(23-27(14)18)25-12-16(13-25)24(2)30(28,29)17-6-4-15(5-7-17)26-11-3-10-20-26/h3-11,16H,12-13H2,1-2H3. The number of likely N-dealkylation sites (N-methyl/N-ethyl adjacent to an activating group) is 1. The van der Waals surface area contributed by atoms with Crippen molar-refractivity contribution in [2.45, 2.75) is 17.9 Å². The molecule has 0 bridgehead atoms. The zero-order valence-corrected chi connectivity index (χ0v) is 17.3. The Hall–Kier alpha value is -3.31. The first-order valence-electron chi connectivity index (χ1n) is 9.45. The molecule has 4 aromatic rings. The smallest absolute Gasteiger partial charge is 0.243 e. The number of nitrogens with zero attached hydrogens (tertiary/aromatic N) is 8. The number of fused-ring (bicyclic) bond motifs is 1. The van der Waals surface area contributed by atoms with E-state index >= 15 is 0 Å². The number of aryl methyl sites for hydroxylation is 1. The Balaban J connectivity index is 1.30. The van der Waals surface area contributed by atoms with Crippen LogP contribution in [0, 0.1) is 6.92 Å². The van der Waals surface area contributed by atoms with E-state index in [1.807, 2.05) is 36.2 Å². The summed E-state index contributed by atoms with van der Waals surface area (Å²) in [4.78, 5) is 2.30. The van der Waals surface area contributed by atoms with Gasteiger partial charge in [-0.2, -0.15) is 13.9 Å². The molecule has 1 aliphatic heterocycles. The third-order valence-electron chi connectivity index (χ3n) is 5.39. The summed E-state index contributed by atoms with van der Waals surface area (Å²) in [5.41, 5.74) is 1.49. The summed E-state index contributed by atoms with van der Waals surface area (Å²) in [6.07, 6.45) is 3.49. The molecule has 1 aromatic carbocycles. The van der Waals surface area contributed by atoms with Crippen molar-refractivity contribution >= 4 is 21.5 Å². The molecule has 0 atom stereocenters. The van der Waals surface area contributed by atoms with Crippen LogP contribution in [0.15, 0.2) is 59.8 Å². The van der Waals surface area contributed by atoms with Crippen molar-refractivity contribution in [1.29, 1.82) is 0 Å². The average Bonchev–Trinajstić information content (AvgIpc) is 3.37. The van der Waals surface area contributed by atoms with Crippen molar-refractivity contribution in [3.8, 4) is 5.69 Å². The van der Waals surface area contributed by atoms with E-state index in [4.69, 9.17) is 0 Å². The number of benzene rings is 1. The minimum atomic E-state index is -3.59. The van der Waals surface area contributed by atoms with Gasteiger partial charge >= 0.3 is 0 Å². The highest BCUT2D eigenvalue weighted by atomic mass is 32.2. The SMILES string of the molecule is Cc1nnc2ccc(N3CC(N(C)S(=O)(=O)c4ccc(-n5cccn5)cc4)C3)nn12. The molecule has 0 saturated carbocycles. The summed E-state index contributed by atoms with van der Waals surface area (Å²) in [5.74, 6) is 1.48. The molecule has 0 aliphatic carbocycles. The lowest BCUT2D eigenvalue weighted by molar-refractivity contribution is 0.309. The molecule has 30 heavy (non-hydrogen) atoms. The summed E-state index contributed by atoms with van der Waals surface area (Å²) in [7, 11) is -1.97. The van der Waals surface area contributed by atoms with Crippen LogP contribution in [0.25, 0.3) is 11.3 Å².